The third-order valence-corrected chi connectivity index (χ3v) is 3.51. The quantitative estimate of drug-likeness (QED) is 0.826. The van der Waals surface area contributed by atoms with Crippen LogP contribution < -0.4 is 10.2 Å². The van der Waals surface area contributed by atoms with Crippen molar-refractivity contribution in [3.05, 3.63) is 41.7 Å². The molecule has 0 unspecified atom stereocenters. The second-order valence-electron chi connectivity index (χ2n) is 4.99. The lowest BCUT2D eigenvalue weighted by atomic mass is 10.2. The lowest BCUT2D eigenvalue weighted by Crippen LogP contribution is -2.23. The van der Waals surface area contributed by atoms with E-state index in [2.05, 4.69) is 34.0 Å². The van der Waals surface area contributed by atoms with Crippen LogP contribution in [0.2, 0.25) is 0 Å². The number of hydrogen-bond donors (Lipinski definition) is 1. The Morgan fingerprint density at radius 2 is 1.91 bits per heavy atom. The Morgan fingerprint density at radius 1 is 1.22 bits per heavy atom. The molecular weight excluding hydrogens is 292 g/mol. The summed E-state index contributed by atoms with van der Waals surface area (Å²) in [5.74, 6) is 1.80. The summed E-state index contributed by atoms with van der Waals surface area (Å²) in [6, 6.07) is 9.07. The number of aryl methyl sites for hydroxylation is 1. The van der Waals surface area contributed by atoms with Crippen LogP contribution in [0.1, 0.15) is 30.0 Å². The maximum Gasteiger partial charge on any atom is 0.339 e. The Balaban J connectivity index is 2.36. The van der Waals surface area contributed by atoms with E-state index in [4.69, 9.17) is 4.74 Å². The summed E-state index contributed by atoms with van der Waals surface area (Å²) in [6.45, 7) is 7.75. The Hall–Kier alpha value is -2.63. The third kappa shape index (κ3) is 3.97. The molecule has 0 spiro atoms. The number of esters is 1. The van der Waals surface area contributed by atoms with Crippen LogP contribution in [0.15, 0.2) is 30.3 Å². The zero-order valence-electron chi connectivity index (χ0n) is 14.0. The molecule has 1 N–H and O–H groups in total. The molecule has 1 aromatic heterocycles. The SMILES string of the molecule is CCN(CC)c1cc(Nc2ccccc2C(=O)OC)nc(C)n1. The van der Waals surface area contributed by atoms with Crippen molar-refractivity contribution in [2.75, 3.05) is 30.4 Å². The monoisotopic (exact) mass is 314 g/mol. The van der Waals surface area contributed by atoms with Gasteiger partial charge in [0, 0.05) is 19.2 Å². The minimum Gasteiger partial charge on any atom is -0.465 e. The standard InChI is InChI=1S/C17H22N4O2/c1-5-21(6-2)16-11-15(18-12(3)19-16)20-14-10-8-7-9-13(14)17(22)23-4/h7-11H,5-6H2,1-4H3,(H,18,19,20). The van der Waals surface area contributed by atoms with Crippen molar-refractivity contribution < 1.29 is 9.53 Å². The van der Waals surface area contributed by atoms with Crippen molar-refractivity contribution in [3.8, 4) is 0 Å². The number of carbonyl (C=O) groups is 1. The number of para-hydroxylation sites is 1. The summed E-state index contributed by atoms with van der Waals surface area (Å²) in [7, 11) is 1.37. The van der Waals surface area contributed by atoms with Gasteiger partial charge in [-0.05, 0) is 32.9 Å². The van der Waals surface area contributed by atoms with Crippen LogP contribution >= 0.6 is 0 Å². The van der Waals surface area contributed by atoms with E-state index in [0.29, 0.717) is 22.9 Å². The summed E-state index contributed by atoms with van der Waals surface area (Å²) < 4.78 is 4.82. The van der Waals surface area contributed by atoms with E-state index >= 15 is 0 Å². The lowest BCUT2D eigenvalue weighted by molar-refractivity contribution is 0.0602. The molecule has 0 bridgehead atoms. The highest BCUT2D eigenvalue weighted by molar-refractivity contribution is 5.96. The molecule has 23 heavy (non-hydrogen) atoms. The van der Waals surface area contributed by atoms with Gasteiger partial charge in [-0.1, -0.05) is 12.1 Å². The van der Waals surface area contributed by atoms with Crippen LogP contribution in [0.4, 0.5) is 17.3 Å². The number of nitrogens with one attached hydrogen (secondary N) is 1. The smallest absolute Gasteiger partial charge is 0.339 e. The highest BCUT2D eigenvalue weighted by atomic mass is 16.5. The Labute approximate surface area is 136 Å². The summed E-state index contributed by atoms with van der Waals surface area (Å²) in [4.78, 5) is 22.9. The first-order valence-corrected chi connectivity index (χ1v) is 7.64. The number of hydrogen-bond acceptors (Lipinski definition) is 6. The number of aromatic nitrogens is 2. The van der Waals surface area contributed by atoms with Crippen molar-refractivity contribution in [2.24, 2.45) is 0 Å². The van der Waals surface area contributed by atoms with E-state index in [-0.39, 0.29) is 5.97 Å². The van der Waals surface area contributed by atoms with Crippen LogP contribution in [-0.2, 0) is 4.74 Å². The van der Waals surface area contributed by atoms with Crippen molar-refractivity contribution >= 4 is 23.3 Å². The van der Waals surface area contributed by atoms with Gasteiger partial charge < -0.3 is 15.0 Å². The van der Waals surface area contributed by atoms with E-state index in [0.717, 1.165) is 18.9 Å². The molecule has 0 saturated carbocycles. The van der Waals surface area contributed by atoms with Gasteiger partial charge in [0.15, 0.2) is 0 Å². The first-order chi connectivity index (χ1) is 11.1. The predicted octanol–water partition coefficient (Wildman–Crippen LogP) is 3.16. The van der Waals surface area contributed by atoms with E-state index in [1.54, 1.807) is 12.1 Å². The normalized spacial score (nSPS) is 10.3. The van der Waals surface area contributed by atoms with Gasteiger partial charge in [0.25, 0.3) is 0 Å². The molecule has 0 radical (unpaired) electrons. The minimum atomic E-state index is -0.386. The van der Waals surface area contributed by atoms with Gasteiger partial charge >= 0.3 is 5.97 Å². The number of nitrogens with zero attached hydrogens (tertiary/aromatic N) is 3. The zero-order valence-corrected chi connectivity index (χ0v) is 14.0. The Kier molecular flexibility index (Phi) is 5.51. The molecule has 6 heteroatoms. The van der Waals surface area contributed by atoms with Gasteiger partial charge in [0.05, 0.1) is 18.4 Å². The fraction of sp³-hybridized carbons (Fsp3) is 0.353. The van der Waals surface area contributed by atoms with Crippen molar-refractivity contribution in [1.29, 1.82) is 0 Å². The van der Waals surface area contributed by atoms with Gasteiger partial charge in [-0.3, -0.25) is 0 Å². The average molecular weight is 314 g/mol. The number of carbonyl (C=O) groups excluding carboxylic acids is 1. The van der Waals surface area contributed by atoms with Crippen molar-refractivity contribution in [3.63, 3.8) is 0 Å². The number of benzene rings is 1. The molecule has 1 aromatic carbocycles. The summed E-state index contributed by atoms with van der Waals surface area (Å²) in [5.41, 5.74) is 1.12. The highest BCUT2D eigenvalue weighted by Gasteiger charge is 2.13. The Bertz CT molecular complexity index is 684. The molecule has 1 heterocycles. The zero-order chi connectivity index (χ0) is 16.8. The van der Waals surface area contributed by atoms with Crippen molar-refractivity contribution in [2.45, 2.75) is 20.8 Å². The van der Waals surface area contributed by atoms with Gasteiger partial charge in [-0.15, -0.1) is 0 Å². The highest BCUT2D eigenvalue weighted by Crippen LogP contribution is 2.23. The van der Waals surface area contributed by atoms with Gasteiger partial charge in [-0.25, -0.2) is 14.8 Å². The van der Waals surface area contributed by atoms with E-state index in [1.165, 1.54) is 7.11 Å². The van der Waals surface area contributed by atoms with E-state index < -0.39 is 0 Å². The molecular formula is C17H22N4O2. The maximum atomic E-state index is 11.9. The Morgan fingerprint density at radius 3 is 2.57 bits per heavy atom. The van der Waals surface area contributed by atoms with E-state index in [9.17, 15) is 4.79 Å². The maximum absolute atomic E-state index is 11.9. The molecule has 0 saturated heterocycles. The number of anilines is 3. The number of ether oxygens (including phenoxy) is 1. The topological polar surface area (TPSA) is 67.4 Å². The first-order valence-electron chi connectivity index (χ1n) is 7.64. The molecule has 122 valence electrons. The summed E-state index contributed by atoms with van der Waals surface area (Å²) in [6.07, 6.45) is 0. The largest absolute Gasteiger partial charge is 0.465 e. The first kappa shape index (κ1) is 16.7. The molecule has 2 rings (SSSR count). The molecule has 2 aromatic rings. The fourth-order valence-corrected chi connectivity index (χ4v) is 2.34. The minimum absolute atomic E-state index is 0.386. The predicted molar refractivity (Wildman–Crippen MR) is 91.4 cm³/mol. The third-order valence-electron chi connectivity index (χ3n) is 3.51. The number of rotatable bonds is 6. The molecule has 0 aliphatic carbocycles. The summed E-state index contributed by atoms with van der Waals surface area (Å²) in [5, 5.41) is 3.19. The second kappa shape index (κ2) is 7.58. The van der Waals surface area contributed by atoms with E-state index in [1.807, 2.05) is 25.1 Å². The molecule has 0 fully saturated rings. The lowest BCUT2D eigenvalue weighted by Gasteiger charge is -2.21. The van der Waals surface area contributed by atoms with Crippen LogP contribution in [0.3, 0.4) is 0 Å². The molecule has 0 amide bonds. The van der Waals surface area contributed by atoms with Crippen LogP contribution in [0.5, 0.6) is 0 Å². The number of methoxy groups -OCH3 is 1. The van der Waals surface area contributed by atoms with Gasteiger partial charge in [-0.2, -0.15) is 0 Å². The van der Waals surface area contributed by atoms with Gasteiger partial charge in [0.2, 0.25) is 0 Å². The van der Waals surface area contributed by atoms with Crippen LogP contribution in [0, 0.1) is 6.92 Å². The van der Waals surface area contributed by atoms with Crippen LogP contribution in [0.25, 0.3) is 0 Å². The molecule has 0 aliphatic rings. The molecule has 6 nitrogen and oxygen atoms in total. The van der Waals surface area contributed by atoms with Gasteiger partial charge in [0.1, 0.15) is 17.5 Å². The molecule has 0 atom stereocenters. The van der Waals surface area contributed by atoms with Crippen LogP contribution in [-0.4, -0.2) is 36.1 Å². The van der Waals surface area contributed by atoms with Crippen molar-refractivity contribution in [1.82, 2.24) is 9.97 Å². The summed E-state index contributed by atoms with van der Waals surface area (Å²) >= 11 is 0. The fourth-order valence-electron chi connectivity index (χ4n) is 2.34. The molecule has 0 aliphatic heterocycles. The average Bonchev–Trinajstić information content (AvgIpc) is 2.55. The second-order valence-corrected chi connectivity index (χ2v) is 4.99.